The van der Waals surface area contributed by atoms with E-state index in [0.29, 0.717) is 13.0 Å². The molecule has 0 atom stereocenters. The molecule has 0 bridgehead atoms. The van der Waals surface area contributed by atoms with Crippen LogP contribution in [0.1, 0.15) is 278 Å². The molecule has 0 aromatic heterocycles. The number of esters is 1. The van der Waals surface area contributed by atoms with Gasteiger partial charge in [0.15, 0.2) is 0 Å². The number of ether oxygens (including phenoxy) is 1. The van der Waals surface area contributed by atoms with Crippen LogP contribution in [0.2, 0.25) is 0 Å². The summed E-state index contributed by atoms with van der Waals surface area (Å²) in [4.78, 5) is 12.0. The van der Waals surface area contributed by atoms with Gasteiger partial charge in [-0.15, -0.1) is 0 Å². The van der Waals surface area contributed by atoms with Crippen LogP contribution in [0.3, 0.4) is 0 Å². The maximum Gasteiger partial charge on any atom is 0.305 e. The zero-order chi connectivity index (χ0) is 36.3. The Bertz CT molecular complexity index is 653. The molecule has 0 aliphatic rings. The first-order valence-electron chi connectivity index (χ1n) is 23.5. The first-order valence-corrected chi connectivity index (χ1v) is 23.5. The minimum Gasteiger partial charge on any atom is -0.466 e. The summed E-state index contributed by atoms with van der Waals surface area (Å²) in [5, 5.41) is 0. The number of allylic oxidation sites excluding steroid dienone is 2. The highest BCUT2D eigenvalue weighted by molar-refractivity contribution is 5.69. The molecule has 0 aliphatic heterocycles. The van der Waals surface area contributed by atoms with Crippen molar-refractivity contribution >= 4 is 5.97 Å². The number of rotatable bonds is 43. The normalized spacial score (nSPS) is 11.8. The van der Waals surface area contributed by atoms with Crippen molar-refractivity contribution < 1.29 is 9.53 Å². The quantitative estimate of drug-likeness (QED) is 0.0359. The second-order valence-electron chi connectivity index (χ2n) is 16.6. The Hall–Kier alpha value is -0.790. The van der Waals surface area contributed by atoms with Crippen molar-refractivity contribution in [3.8, 4) is 0 Å². The lowest BCUT2D eigenvalue weighted by Gasteiger charge is -2.06. The van der Waals surface area contributed by atoms with Gasteiger partial charge in [0.25, 0.3) is 0 Å². The van der Waals surface area contributed by atoms with Gasteiger partial charge >= 0.3 is 5.97 Å². The van der Waals surface area contributed by atoms with E-state index in [-0.39, 0.29) is 5.97 Å². The summed E-state index contributed by atoms with van der Waals surface area (Å²) in [6.07, 6.45) is 59.0. The lowest BCUT2D eigenvalue weighted by molar-refractivity contribution is -0.143. The zero-order valence-electron chi connectivity index (χ0n) is 35.0. The van der Waals surface area contributed by atoms with Gasteiger partial charge in [0.05, 0.1) is 6.61 Å². The predicted octanol–water partition coefficient (Wildman–Crippen LogP) is 17.4. The topological polar surface area (TPSA) is 26.3 Å². The van der Waals surface area contributed by atoms with Crippen LogP contribution in [0.25, 0.3) is 0 Å². The lowest BCUT2D eigenvalue weighted by Crippen LogP contribution is -2.05. The van der Waals surface area contributed by atoms with Gasteiger partial charge in [-0.1, -0.05) is 245 Å². The van der Waals surface area contributed by atoms with Crippen molar-refractivity contribution in [2.45, 2.75) is 278 Å². The number of carbonyl (C=O) groups is 1. The first-order chi connectivity index (χ1) is 24.7. The van der Waals surface area contributed by atoms with E-state index in [9.17, 15) is 4.79 Å². The molecule has 0 unspecified atom stereocenters. The van der Waals surface area contributed by atoms with Gasteiger partial charge < -0.3 is 4.74 Å². The molecule has 0 N–H and O–H groups in total. The molecule has 0 fully saturated rings. The maximum absolute atomic E-state index is 12.0. The molecule has 0 aromatic rings. The minimum atomic E-state index is 0.0270. The van der Waals surface area contributed by atoms with Crippen LogP contribution < -0.4 is 0 Å². The molecule has 50 heavy (non-hydrogen) atoms. The molecule has 0 rings (SSSR count). The van der Waals surface area contributed by atoms with Crippen LogP contribution in [0, 0.1) is 5.92 Å². The number of unbranched alkanes of at least 4 members (excludes halogenated alkanes) is 35. The number of hydrogen-bond donors (Lipinski definition) is 0. The predicted molar refractivity (Wildman–Crippen MR) is 225 cm³/mol. The summed E-state index contributed by atoms with van der Waals surface area (Å²) in [7, 11) is 0. The molecule has 0 radical (unpaired) electrons. The van der Waals surface area contributed by atoms with Crippen LogP contribution in [0.5, 0.6) is 0 Å². The highest BCUT2D eigenvalue weighted by Crippen LogP contribution is 2.17. The van der Waals surface area contributed by atoms with Gasteiger partial charge in [0, 0.05) is 6.42 Å². The molecule has 2 nitrogen and oxygen atoms in total. The molecule has 0 spiro atoms. The van der Waals surface area contributed by atoms with Gasteiger partial charge in [-0.25, -0.2) is 0 Å². The van der Waals surface area contributed by atoms with E-state index in [1.165, 1.54) is 238 Å². The largest absolute Gasteiger partial charge is 0.466 e. The Labute approximate surface area is 316 Å². The number of hydrogen-bond acceptors (Lipinski definition) is 2. The maximum atomic E-state index is 12.0. The second-order valence-corrected chi connectivity index (χ2v) is 16.6. The Morgan fingerprint density at radius 3 is 1.06 bits per heavy atom. The fourth-order valence-corrected chi connectivity index (χ4v) is 7.32. The average molecular weight is 703 g/mol. The molecule has 0 aromatic carbocycles. The van der Waals surface area contributed by atoms with Crippen LogP contribution >= 0.6 is 0 Å². The molecule has 2 heteroatoms. The fraction of sp³-hybridized carbons (Fsp3) is 0.938. The Kier molecular flexibility index (Phi) is 43.7. The number of carbonyl (C=O) groups excluding carboxylic acids is 1. The van der Waals surface area contributed by atoms with Crippen LogP contribution in [0.4, 0.5) is 0 Å². The van der Waals surface area contributed by atoms with Gasteiger partial charge in [0.2, 0.25) is 0 Å². The minimum absolute atomic E-state index is 0.0270. The van der Waals surface area contributed by atoms with E-state index in [2.05, 4.69) is 32.9 Å². The summed E-state index contributed by atoms with van der Waals surface area (Å²) in [6.45, 7) is 7.60. The van der Waals surface area contributed by atoms with Crippen molar-refractivity contribution in [1.29, 1.82) is 0 Å². The third-order valence-corrected chi connectivity index (χ3v) is 10.8. The monoisotopic (exact) mass is 703 g/mol. The summed E-state index contributed by atoms with van der Waals surface area (Å²) >= 11 is 0. The third kappa shape index (κ3) is 45.2. The van der Waals surface area contributed by atoms with Crippen molar-refractivity contribution in [1.82, 2.24) is 0 Å². The summed E-state index contributed by atoms with van der Waals surface area (Å²) < 4.78 is 5.48. The highest BCUT2D eigenvalue weighted by atomic mass is 16.5. The molecule has 0 amide bonds. The molecule has 0 saturated carbocycles. The van der Waals surface area contributed by atoms with Crippen molar-refractivity contribution in [2.24, 2.45) is 5.92 Å². The third-order valence-electron chi connectivity index (χ3n) is 10.8. The van der Waals surface area contributed by atoms with Crippen LogP contribution in [0.15, 0.2) is 12.2 Å². The molecule has 0 aliphatic carbocycles. The average Bonchev–Trinajstić information content (AvgIpc) is 3.11. The summed E-state index contributed by atoms with van der Waals surface area (Å²) in [6, 6.07) is 0. The van der Waals surface area contributed by atoms with E-state index in [1.54, 1.807) is 0 Å². The molecule has 298 valence electrons. The second kappa shape index (κ2) is 44.4. The highest BCUT2D eigenvalue weighted by Gasteiger charge is 2.03. The van der Waals surface area contributed by atoms with Gasteiger partial charge in [-0.3, -0.25) is 4.79 Å². The van der Waals surface area contributed by atoms with Gasteiger partial charge in [-0.2, -0.15) is 0 Å². The standard InChI is InChI=1S/C48H94O2/c1-4-5-6-7-8-9-10-11-12-20-24-27-30-33-36-39-42-45-48(49)50-46-43-40-37-34-31-28-25-22-19-17-15-13-14-16-18-21-23-26-29-32-35-38-41-44-47(2)3/h9-10,47H,4-8,11-46H2,1-3H3. The van der Waals surface area contributed by atoms with Gasteiger partial charge in [0.1, 0.15) is 0 Å². The van der Waals surface area contributed by atoms with Crippen molar-refractivity contribution in [3.63, 3.8) is 0 Å². The Morgan fingerprint density at radius 1 is 0.400 bits per heavy atom. The van der Waals surface area contributed by atoms with E-state index in [0.717, 1.165) is 18.8 Å². The summed E-state index contributed by atoms with van der Waals surface area (Å²) in [5.74, 6) is 0.912. The van der Waals surface area contributed by atoms with Gasteiger partial charge in [-0.05, 0) is 44.4 Å². The SMILES string of the molecule is CCCCCCC=CCCCCCCCCCCCC(=O)OCCCCCCCCCCCCCCCCCCCCCCCCCC(C)C. The fourth-order valence-electron chi connectivity index (χ4n) is 7.32. The smallest absolute Gasteiger partial charge is 0.305 e. The first kappa shape index (κ1) is 49.2. The van der Waals surface area contributed by atoms with Crippen LogP contribution in [-0.4, -0.2) is 12.6 Å². The Balaban J connectivity index is 3.16. The molecular formula is C48H94O2. The lowest BCUT2D eigenvalue weighted by atomic mass is 10.0. The van der Waals surface area contributed by atoms with E-state index in [4.69, 9.17) is 4.74 Å². The Morgan fingerprint density at radius 2 is 0.700 bits per heavy atom. The molecule has 0 saturated heterocycles. The van der Waals surface area contributed by atoms with E-state index >= 15 is 0 Å². The van der Waals surface area contributed by atoms with Crippen LogP contribution in [-0.2, 0) is 9.53 Å². The zero-order valence-corrected chi connectivity index (χ0v) is 35.0. The molecule has 0 heterocycles. The van der Waals surface area contributed by atoms with Crippen molar-refractivity contribution in [2.75, 3.05) is 6.61 Å². The van der Waals surface area contributed by atoms with E-state index in [1.807, 2.05) is 0 Å². The summed E-state index contributed by atoms with van der Waals surface area (Å²) in [5.41, 5.74) is 0. The molecular weight excluding hydrogens is 609 g/mol. The van der Waals surface area contributed by atoms with Crippen molar-refractivity contribution in [3.05, 3.63) is 12.2 Å². The van der Waals surface area contributed by atoms with E-state index < -0.39 is 0 Å².